The van der Waals surface area contributed by atoms with E-state index >= 15 is 0 Å². The second-order valence-electron chi connectivity index (χ2n) is 5.72. The van der Waals surface area contributed by atoms with Crippen LogP contribution in [-0.4, -0.2) is 29.5 Å². The Morgan fingerprint density at radius 2 is 2.04 bits per heavy atom. The number of aromatic nitrogens is 2. The van der Waals surface area contributed by atoms with Crippen LogP contribution in [0, 0.1) is 0 Å². The minimum atomic E-state index is -0.315. The maximum absolute atomic E-state index is 12.7. The molecule has 25 heavy (non-hydrogen) atoms. The predicted molar refractivity (Wildman–Crippen MR) is 100 cm³/mol. The van der Waals surface area contributed by atoms with Crippen LogP contribution in [0.5, 0.6) is 0 Å². The molecule has 128 valence electrons. The Morgan fingerprint density at radius 1 is 1.20 bits per heavy atom. The van der Waals surface area contributed by atoms with Gasteiger partial charge in [-0.15, -0.1) is 11.3 Å². The van der Waals surface area contributed by atoms with E-state index in [0.717, 1.165) is 0 Å². The van der Waals surface area contributed by atoms with Gasteiger partial charge in [0.05, 0.1) is 24.2 Å². The predicted octanol–water partition coefficient (Wildman–Crippen LogP) is 3.53. The highest BCUT2D eigenvalue weighted by Gasteiger charge is 2.25. The number of nitrogens with zero attached hydrogens (tertiary/aromatic N) is 3. The Kier molecular flexibility index (Phi) is 4.57. The zero-order valence-electron chi connectivity index (χ0n) is 13.3. The van der Waals surface area contributed by atoms with E-state index in [0.29, 0.717) is 31.1 Å². The summed E-state index contributed by atoms with van der Waals surface area (Å²) in [6.45, 7) is 1.91. The lowest BCUT2D eigenvalue weighted by molar-refractivity contribution is 0.0421. The Bertz CT molecular complexity index is 912. The molecule has 1 fully saturated rings. The average molecular weight is 374 g/mol. The molecule has 0 bridgehead atoms. The molecule has 2 aromatic heterocycles. The van der Waals surface area contributed by atoms with Crippen LogP contribution in [0.25, 0.3) is 5.69 Å². The molecule has 7 heteroatoms. The number of thiophene rings is 1. The monoisotopic (exact) mass is 373 g/mol. The first-order valence-corrected chi connectivity index (χ1v) is 9.23. The van der Waals surface area contributed by atoms with E-state index in [1.165, 1.54) is 9.56 Å². The first-order chi connectivity index (χ1) is 12.2. The van der Waals surface area contributed by atoms with Crippen molar-refractivity contribution in [1.29, 1.82) is 0 Å². The number of rotatable bonds is 3. The maximum atomic E-state index is 12.7. The summed E-state index contributed by atoms with van der Waals surface area (Å²) in [5.41, 5.74) is 1.03. The molecule has 1 unspecified atom stereocenters. The van der Waals surface area contributed by atoms with Crippen molar-refractivity contribution in [2.45, 2.75) is 6.10 Å². The van der Waals surface area contributed by atoms with Crippen LogP contribution in [0.3, 0.4) is 0 Å². The fourth-order valence-corrected chi connectivity index (χ4v) is 3.93. The SMILES string of the molecule is O=c1c(Cl)c(N2CCOC(c3cccs3)C2)cnn1-c1ccccc1. The Hall–Kier alpha value is -2.15. The third-order valence-corrected chi connectivity index (χ3v) is 5.49. The molecule has 5 nitrogen and oxygen atoms in total. The van der Waals surface area contributed by atoms with Crippen molar-refractivity contribution in [2.24, 2.45) is 0 Å². The summed E-state index contributed by atoms with van der Waals surface area (Å²) >= 11 is 8.07. The van der Waals surface area contributed by atoms with E-state index in [-0.39, 0.29) is 16.7 Å². The third-order valence-electron chi connectivity index (χ3n) is 4.17. The molecule has 1 aliphatic heterocycles. The van der Waals surface area contributed by atoms with Crippen LogP contribution in [0.15, 0.2) is 58.8 Å². The summed E-state index contributed by atoms with van der Waals surface area (Å²) in [5, 5.41) is 6.53. The van der Waals surface area contributed by atoms with Crippen LogP contribution in [0.1, 0.15) is 11.0 Å². The molecule has 1 aliphatic rings. The van der Waals surface area contributed by atoms with Crippen molar-refractivity contribution < 1.29 is 4.74 Å². The minimum absolute atomic E-state index is 0.0126. The lowest BCUT2D eigenvalue weighted by atomic mass is 10.2. The second-order valence-corrected chi connectivity index (χ2v) is 7.07. The van der Waals surface area contributed by atoms with Gasteiger partial charge in [0, 0.05) is 18.0 Å². The van der Waals surface area contributed by atoms with Gasteiger partial charge in [0.15, 0.2) is 0 Å². The lowest BCUT2D eigenvalue weighted by Crippen LogP contribution is -2.39. The van der Waals surface area contributed by atoms with Gasteiger partial charge in [-0.3, -0.25) is 4.79 Å². The van der Waals surface area contributed by atoms with Gasteiger partial charge in [-0.25, -0.2) is 0 Å². The highest BCUT2D eigenvalue weighted by Crippen LogP contribution is 2.30. The summed E-state index contributed by atoms with van der Waals surface area (Å²) in [6.07, 6.45) is 1.65. The Balaban J connectivity index is 1.65. The zero-order chi connectivity index (χ0) is 17.2. The first kappa shape index (κ1) is 16.3. The number of hydrogen-bond acceptors (Lipinski definition) is 5. The number of benzene rings is 1. The van der Waals surface area contributed by atoms with Gasteiger partial charge in [-0.05, 0) is 23.6 Å². The molecule has 3 aromatic rings. The molecule has 0 spiro atoms. The Morgan fingerprint density at radius 3 is 2.80 bits per heavy atom. The van der Waals surface area contributed by atoms with Crippen LogP contribution in [0.4, 0.5) is 5.69 Å². The van der Waals surface area contributed by atoms with E-state index in [4.69, 9.17) is 16.3 Å². The summed E-state index contributed by atoms with van der Waals surface area (Å²) in [7, 11) is 0. The number of ether oxygens (including phenoxy) is 1. The van der Waals surface area contributed by atoms with E-state index in [2.05, 4.69) is 16.1 Å². The number of anilines is 1. The van der Waals surface area contributed by atoms with Gasteiger partial charge in [0.1, 0.15) is 11.1 Å². The van der Waals surface area contributed by atoms with Crippen molar-refractivity contribution in [3.8, 4) is 5.69 Å². The van der Waals surface area contributed by atoms with Gasteiger partial charge in [0.2, 0.25) is 0 Å². The standard InChI is InChI=1S/C18H16ClN3O2S/c19-17-14(11-20-22(18(17)23)13-5-2-1-3-6-13)21-8-9-24-15(12-21)16-7-4-10-25-16/h1-7,10-11,15H,8-9,12H2. The van der Waals surface area contributed by atoms with Crippen LogP contribution < -0.4 is 10.5 Å². The number of para-hydroxylation sites is 1. The molecule has 0 N–H and O–H groups in total. The van der Waals surface area contributed by atoms with E-state index in [1.807, 2.05) is 41.8 Å². The average Bonchev–Trinajstić information content (AvgIpc) is 3.19. The number of hydrogen-bond donors (Lipinski definition) is 0. The summed E-state index contributed by atoms with van der Waals surface area (Å²) in [5.74, 6) is 0. The molecular formula is C18H16ClN3O2S. The van der Waals surface area contributed by atoms with E-state index in [9.17, 15) is 4.79 Å². The lowest BCUT2D eigenvalue weighted by Gasteiger charge is -2.34. The molecule has 0 aliphatic carbocycles. The highest BCUT2D eigenvalue weighted by atomic mass is 35.5. The molecule has 1 aromatic carbocycles. The van der Waals surface area contributed by atoms with Gasteiger partial charge in [0.25, 0.3) is 5.56 Å². The summed E-state index contributed by atoms with van der Waals surface area (Å²) in [4.78, 5) is 15.9. The third kappa shape index (κ3) is 3.20. The molecule has 0 radical (unpaired) electrons. The van der Waals surface area contributed by atoms with E-state index in [1.54, 1.807) is 17.5 Å². The van der Waals surface area contributed by atoms with Crippen LogP contribution >= 0.6 is 22.9 Å². The van der Waals surface area contributed by atoms with Crippen molar-refractivity contribution in [1.82, 2.24) is 9.78 Å². The molecule has 1 saturated heterocycles. The quantitative estimate of drug-likeness (QED) is 0.704. The molecule has 3 heterocycles. The van der Waals surface area contributed by atoms with Crippen molar-refractivity contribution in [3.63, 3.8) is 0 Å². The normalized spacial score (nSPS) is 17.6. The van der Waals surface area contributed by atoms with Gasteiger partial charge in [-0.1, -0.05) is 35.9 Å². The fourth-order valence-electron chi connectivity index (χ4n) is 2.91. The highest BCUT2D eigenvalue weighted by molar-refractivity contribution is 7.10. The molecular weight excluding hydrogens is 358 g/mol. The molecule has 0 amide bonds. The zero-order valence-corrected chi connectivity index (χ0v) is 14.9. The summed E-state index contributed by atoms with van der Waals surface area (Å²) < 4.78 is 7.18. The van der Waals surface area contributed by atoms with Gasteiger partial charge >= 0.3 is 0 Å². The van der Waals surface area contributed by atoms with Crippen LogP contribution in [0.2, 0.25) is 5.02 Å². The minimum Gasteiger partial charge on any atom is -0.369 e. The van der Waals surface area contributed by atoms with Gasteiger partial charge in [-0.2, -0.15) is 9.78 Å². The van der Waals surface area contributed by atoms with Crippen LogP contribution in [-0.2, 0) is 4.74 Å². The van der Waals surface area contributed by atoms with Crippen molar-refractivity contribution in [2.75, 3.05) is 24.6 Å². The first-order valence-electron chi connectivity index (χ1n) is 7.97. The van der Waals surface area contributed by atoms with Crippen molar-refractivity contribution in [3.05, 3.63) is 74.3 Å². The topological polar surface area (TPSA) is 47.4 Å². The largest absolute Gasteiger partial charge is 0.369 e. The van der Waals surface area contributed by atoms with E-state index < -0.39 is 0 Å². The number of morpholine rings is 1. The molecule has 1 atom stereocenters. The molecule has 0 saturated carbocycles. The number of halogens is 1. The summed E-state index contributed by atoms with van der Waals surface area (Å²) in [6, 6.07) is 13.3. The van der Waals surface area contributed by atoms with Gasteiger partial charge < -0.3 is 9.64 Å². The van der Waals surface area contributed by atoms with Crippen molar-refractivity contribution >= 4 is 28.6 Å². The second kappa shape index (κ2) is 7.00. The molecule has 4 rings (SSSR count). The maximum Gasteiger partial charge on any atom is 0.292 e. The Labute approximate surface area is 154 Å². The smallest absolute Gasteiger partial charge is 0.292 e. The fraction of sp³-hybridized carbons (Fsp3) is 0.222.